The van der Waals surface area contributed by atoms with Gasteiger partial charge in [0.15, 0.2) is 23.7 Å². The largest absolute Gasteiger partial charge is 0.324 e. The first kappa shape index (κ1) is 27.8. The summed E-state index contributed by atoms with van der Waals surface area (Å²) < 4.78 is 0. The van der Waals surface area contributed by atoms with E-state index in [4.69, 9.17) is 30.0 Å². The third kappa shape index (κ3) is 4.56. The summed E-state index contributed by atoms with van der Waals surface area (Å²) in [5.41, 5.74) is 5.10. The molecule has 1 atom stereocenters. The molecular weight excluding hydrogens is 598 g/mol. The second-order valence-electron chi connectivity index (χ2n) is 11.0. The lowest BCUT2D eigenvalue weighted by Gasteiger charge is -2.11. The van der Waals surface area contributed by atoms with Gasteiger partial charge in [-0.15, -0.1) is 0 Å². The van der Waals surface area contributed by atoms with E-state index in [9.17, 15) is 20.2 Å². The molecule has 13 heteroatoms. The lowest BCUT2D eigenvalue weighted by atomic mass is 10.00. The van der Waals surface area contributed by atoms with Crippen LogP contribution in [0.1, 0.15) is 46.5 Å². The fourth-order valence-electron chi connectivity index (χ4n) is 5.96. The van der Waals surface area contributed by atoms with Crippen LogP contribution in [0.15, 0.2) is 121 Å². The van der Waals surface area contributed by atoms with Gasteiger partial charge in [-0.05, 0) is 19.1 Å². The maximum atomic E-state index is 11.8. The first-order valence-electron chi connectivity index (χ1n) is 14.5. The molecule has 0 fully saturated rings. The minimum Gasteiger partial charge on any atom is -0.324 e. The number of H-pyrrole nitrogens is 1. The Morgan fingerprint density at radius 1 is 0.638 bits per heavy atom. The van der Waals surface area contributed by atoms with E-state index < -0.39 is 16.0 Å². The highest BCUT2D eigenvalue weighted by molar-refractivity contribution is 6.26. The highest BCUT2D eigenvalue weighted by Gasteiger charge is 2.29. The van der Waals surface area contributed by atoms with Crippen LogP contribution in [0.2, 0.25) is 0 Å². The van der Waals surface area contributed by atoms with Crippen molar-refractivity contribution in [3.8, 4) is 0 Å². The molecule has 1 N–H and O–H groups in total. The SMILES string of the molecule is C=C1/N=c2\[nH]/c(c3ccccc23)=N\C2=NC(=N\C3=NC(/N=C(\C)c4ccc([N+](=O)[O-])cc41)c1ccccc13)/c1cc([N+](=O)[O-])ccc12. The average molecular weight is 620 g/mol. The molecule has 4 heterocycles. The Balaban J connectivity index is 1.46. The number of nitrogens with one attached hydrogen (secondary N) is 1. The van der Waals surface area contributed by atoms with Gasteiger partial charge in [-0.1, -0.05) is 55.1 Å². The van der Waals surface area contributed by atoms with Gasteiger partial charge in [0.1, 0.15) is 11.0 Å². The molecule has 1 unspecified atom stereocenters. The number of aliphatic imine (C=N–C) groups is 4. The van der Waals surface area contributed by atoms with Crippen LogP contribution in [-0.2, 0) is 0 Å². The van der Waals surface area contributed by atoms with Gasteiger partial charge < -0.3 is 4.98 Å². The minimum absolute atomic E-state index is 0.106. The van der Waals surface area contributed by atoms with Crippen LogP contribution in [0.4, 0.5) is 11.4 Å². The fraction of sp³-hybridized carbons (Fsp3) is 0.0588. The molecule has 0 radical (unpaired) electrons. The number of hydrogen-bond acceptors (Lipinski definition) is 10. The normalized spacial score (nSPS) is 20.0. The van der Waals surface area contributed by atoms with Crippen LogP contribution >= 0.6 is 0 Å². The van der Waals surface area contributed by atoms with Crippen molar-refractivity contribution in [2.75, 3.05) is 0 Å². The number of fused-ring (bicyclic) bond motifs is 14. The number of benzene rings is 4. The molecule has 3 aliphatic rings. The molecule has 13 nitrogen and oxygen atoms in total. The first-order chi connectivity index (χ1) is 22.7. The molecule has 0 saturated heterocycles. The number of non-ortho nitro benzene ring substituents is 2. The van der Waals surface area contributed by atoms with Crippen LogP contribution < -0.4 is 11.0 Å². The Labute approximate surface area is 264 Å². The molecular formula is C34H21N9O4. The first-order valence-corrected chi connectivity index (χ1v) is 14.5. The van der Waals surface area contributed by atoms with Crippen molar-refractivity contribution < 1.29 is 9.85 Å². The average Bonchev–Trinajstić information content (AvgIpc) is 3.72. The molecule has 1 aromatic heterocycles. The molecule has 226 valence electrons. The lowest BCUT2D eigenvalue weighted by molar-refractivity contribution is -0.385. The van der Waals surface area contributed by atoms with Crippen molar-refractivity contribution in [1.82, 2.24) is 4.98 Å². The Hall–Kier alpha value is -6.76. The monoisotopic (exact) mass is 619 g/mol. The Kier molecular flexibility index (Phi) is 6.15. The van der Waals surface area contributed by atoms with Crippen molar-refractivity contribution in [1.29, 1.82) is 0 Å². The van der Waals surface area contributed by atoms with E-state index in [1.54, 1.807) is 19.1 Å². The van der Waals surface area contributed by atoms with Gasteiger partial charge >= 0.3 is 0 Å². The molecule has 3 aliphatic heterocycles. The van der Waals surface area contributed by atoms with Gasteiger partial charge in [0.05, 0.1) is 15.5 Å². The van der Waals surface area contributed by atoms with Crippen LogP contribution in [0.25, 0.3) is 16.5 Å². The maximum absolute atomic E-state index is 11.8. The van der Waals surface area contributed by atoms with E-state index in [0.29, 0.717) is 50.6 Å². The second kappa shape index (κ2) is 10.4. The molecule has 0 spiro atoms. The predicted octanol–water partition coefficient (Wildman–Crippen LogP) is 5.38. The molecule has 8 rings (SSSR count). The van der Waals surface area contributed by atoms with Crippen LogP contribution in [0.3, 0.4) is 0 Å². The molecule has 47 heavy (non-hydrogen) atoms. The molecule has 6 bridgehead atoms. The van der Waals surface area contributed by atoms with E-state index in [0.717, 1.165) is 21.9 Å². The van der Waals surface area contributed by atoms with Crippen LogP contribution in [0.5, 0.6) is 0 Å². The third-order valence-corrected chi connectivity index (χ3v) is 8.21. The smallest absolute Gasteiger partial charge is 0.270 e. The highest BCUT2D eigenvalue weighted by atomic mass is 16.6. The van der Waals surface area contributed by atoms with Gasteiger partial charge in [-0.2, -0.15) is 0 Å². The lowest BCUT2D eigenvalue weighted by Crippen LogP contribution is -2.13. The summed E-state index contributed by atoms with van der Waals surface area (Å²) in [6.45, 7) is 6.01. The predicted molar refractivity (Wildman–Crippen MR) is 177 cm³/mol. The van der Waals surface area contributed by atoms with Crippen molar-refractivity contribution in [3.05, 3.63) is 156 Å². The maximum Gasteiger partial charge on any atom is 0.270 e. The summed E-state index contributed by atoms with van der Waals surface area (Å²) in [6.07, 6.45) is -0.678. The van der Waals surface area contributed by atoms with E-state index >= 15 is 0 Å². The summed E-state index contributed by atoms with van der Waals surface area (Å²) in [6, 6.07) is 24.0. The zero-order valence-corrected chi connectivity index (χ0v) is 24.6. The summed E-state index contributed by atoms with van der Waals surface area (Å²) in [7, 11) is 0. The molecule has 4 aromatic carbocycles. The number of aromatic amines is 1. The molecule has 0 amide bonds. The van der Waals surface area contributed by atoms with Gasteiger partial charge in [0, 0.05) is 74.1 Å². The van der Waals surface area contributed by atoms with Gasteiger partial charge in [0.2, 0.25) is 0 Å². The number of nitrogens with zero attached hydrogens (tertiary/aromatic N) is 8. The molecule has 0 aliphatic carbocycles. The van der Waals surface area contributed by atoms with E-state index in [2.05, 4.69) is 11.6 Å². The third-order valence-electron chi connectivity index (χ3n) is 8.21. The number of aromatic nitrogens is 1. The topological polar surface area (TPSA) is 176 Å². The van der Waals surface area contributed by atoms with Crippen molar-refractivity contribution >= 4 is 51.1 Å². The second-order valence-corrected chi connectivity index (χ2v) is 11.0. The minimum atomic E-state index is -0.678. The van der Waals surface area contributed by atoms with Gasteiger partial charge in [-0.3, -0.25) is 25.2 Å². The Morgan fingerprint density at radius 3 is 1.96 bits per heavy atom. The number of nitro groups is 2. The zero-order chi connectivity index (χ0) is 32.4. The zero-order valence-electron chi connectivity index (χ0n) is 24.6. The van der Waals surface area contributed by atoms with Crippen LogP contribution in [0, 0.1) is 20.2 Å². The molecule has 0 saturated carbocycles. The summed E-state index contributed by atoms with van der Waals surface area (Å²) in [5.74, 6) is 0.891. The summed E-state index contributed by atoms with van der Waals surface area (Å²) in [5, 5.41) is 25.0. The Morgan fingerprint density at radius 2 is 1.23 bits per heavy atom. The standard InChI is InChI=1S/C34H21N9O4/c1-17-21-13-11-19(42(44)45)15-27(21)18(2)36-30-23-8-4-5-9-24(23)31(38-30)39-33-26-14-12-20(43(46)47)16-28(26)34(41-33)40-32-25-10-6-3-7-22(25)29(35-17)37-32/h3-16,29H,2H2,1H3,(H,36,37,38,39,40,41)/b35-17+. The van der Waals surface area contributed by atoms with Crippen molar-refractivity contribution in [3.63, 3.8) is 0 Å². The fourth-order valence-corrected chi connectivity index (χ4v) is 5.96. The van der Waals surface area contributed by atoms with E-state index in [1.165, 1.54) is 24.3 Å². The quantitative estimate of drug-likeness (QED) is 0.206. The number of hydrogen-bond donors (Lipinski definition) is 1. The number of rotatable bonds is 2. The van der Waals surface area contributed by atoms with E-state index in [1.807, 2.05) is 48.5 Å². The van der Waals surface area contributed by atoms with E-state index in [-0.39, 0.29) is 22.9 Å². The van der Waals surface area contributed by atoms with Crippen LogP contribution in [-0.4, -0.2) is 38.0 Å². The highest BCUT2D eigenvalue weighted by Crippen LogP contribution is 2.34. The van der Waals surface area contributed by atoms with Crippen molar-refractivity contribution in [2.45, 2.75) is 13.1 Å². The Bertz CT molecular complexity index is 2520. The van der Waals surface area contributed by atoms with Crippen molar-refractivity contribution in [2.24, 2.45) is 30.0 Å². The van der Waals surface area contributed by atoms with Gasteiger partial charge in [-0.25, -0.2) is 25.0 Å². The van der Waals surface area contributed by atoms with Gasteiger partial charge in [0.25, 0.3) is 11.4 Å². The summed E-state index contributed by atoms with van der Waals surface area (Å²) in [4.78, 5) is 54.9. The number of nitro benzene ring substituents is 2. The number of amidine groups is 3. The molecule has 5 aromatic rings. The summed E-state index contributed by atoms with van der Waals surface area (Å²) >= 11 is 0.